The molecule has 0 aliphatic rings. The molecule has 4 rings (SSSR count). The first-order chi connectivity index (χ1) is 13.9. The number of fused-ring (bicyclic) bond motifs is 1. The minimum Gasteiger partial charge on any atom is -0.497 e. The minimum atomic E-state index is -0.278. The molecule has 0 saturated carbocycles. The van der Waals surface area contributed by atoms with Crippen LogP contribution in [0.25, 0.3) is 22.3 Å². The maximum atomic E-state index is 13.3. The predicted octanol–water partition coefficient (Wildman–Crippen LogP) is 4.98. The van der Waals surface area contributed by atoms with Gasteiger partial charge < -0.3 is 13.9 Å². The fourth-order valence-corrected chi connectivity index (χ4v) is 3.14. The minimum absolute atomic E-state index is 0.0523. The van der Waals surface area contributed by atoms with Crippen molar-refractivity contribution in [1.82, 2.24) is 9.97 Å². The summed E-state index contributed by atoms with van der Waals surface area (Å²) in [5.41, 5.74) is 3.39. The Morgan fingerprint density at radius 1 is 0.897 bits per heavy atom. The molecule has 6 nitrogen and oxygen atoms in total. The molecule has 0 spiro atoms. The molecule has 0 aliphatic carbocycles. The van der Waals surface area contributed by atoms with Gasteiger partial charge in [0.1, 0.15) is 11.3 Å². The average Bonchev–Trinajstić information content (AvgIpc) is 2.69. The Hall–Kier alpha value is -3.67. The van der Waals surface area contributed by atoms with Crippen LogP contribution in [0.15, 0.2) is 57.7 Å². The van der Waals surface area contributed by atoms with Crippen LogP contribution in [0.1, 0.15) is 17.0 Å². The van der Waals surface area contributed by atoms with Gasteiger partial charge in [-0.15, -0.1) is 0 Å². The highest BCUT2D eigenvalue weighted by Crippen LogP contribution is 2.34. The van der Waals surface area contributed by atoms with Gasteiger partial charge in [-0.3, -0.25) is 4.79 Å². The zero-order valence-corrected chi connectivity index (χ0v) is 16.6. The number of rotatable bonds is 4. The quantitative estimate of drug-likeness (QED) is 0.491. The summed E-state index contributed by atoms with van der Waals surface area (Å²) < 4.78 is 17.2. The van der Waals surface area contributed by atoms with Gasteiger partial charge in [-0.2, -0.15) is 0 Å². The van der Waals surface area contributed by atoms with Crippen LogP contribution >= 0.6 is 0 Å². The topological polar surface area (TPSA) is 74.5 Å². The van der Waals surface area contributed by atoms with Crippen molar-refractivity contribution in [2.24, 2.45) is 0 Å². The molecule has 2 aromatic carbocycles. The molecule has 146 valence electrons. The molecule has 0 aliphatic heterocycles. The third-order valence-corrected chi connectivity index (χ3v) is 4.51. The van der Waals surface area contributed by atoms with Crippen LogP contribution in [0, 0.1) is 20.8 Å². The lowest BCUT2D eigenvalue weighted by atomic mass is 10.1. The Bertz CT molecular complexity index is 1240. The zero-order valence-electron chi connectivity index (χ0n) is 16.6. The number of aromatic nitrogens is 2. The second kappa shape index (κ2) is 7.39. The number of hydrogen-bond donors (Lipinski definition) is 0. The number of methoxy groups -OCH3 is 1. The van der Waals surface area contributed by atoms with Crippen molar-refractivity contribution in [2.75, 3.05) is 7.11 Å². The monoisotopic (exact) mass is 388 g/mol. The highest BCUT2D eigenvalue weighted by molar-refractivity contribution is 5.82. The van der Waals surface area contributed by atoms with Crippen molar-refractivity contribution in [2.45, 2.75) is 20.8 Å². The summed E-state index contributed by atoms with van der Waals surface area (Å²) >= 11 is 0. The summed E-state index contributed by atoms with van der Waals surface area (Å²) in [5.74, 6) is 1.07. The second-order valence-corrected chi connectivity index (χ2v) is 6.85. The zero-order chi connectivity index (χ0) is 20.5. The summed E-state index contributed by atoms with van der Waals surface area (Å²) in [6.45, 7) is 5.63. The summed E-state index contributed by atoms with van der Waals surface area (Å²) in [4.78, 5) is 21.9. The van der Waals surface area contributed by atoms with Crippen LogP contribution in [-0.2, 0) is 0 Å². The number of nitrogens with zero attached hydrogens (tertiary/aromatic N) is 2. The van der Waals surface area contributed by atoms with Crippen LogP contribution in [0.5, 0.6) is 17.5 Å². The molecule has 0 amide bonds. The average molecular weight is 388 g/mol. The Balaban J connectivity index is 1.95. The highest BCUT2D eigenvalue weighted by Gasteiger charge is 2.20. The SMILES string of the molecule is COc1ccc(-c2oc3cc(C)ccc3c(=O)c2Oc2nc(C)cc(C)n2)cc1. The van der Waals surface area contributed by atoms with Crippen LogP contribution in [0.3, 0.4) is 0 Å². The molecule has 4 aromatic rings. The van der Waals surface area contributed by atoms with E-state index in [0.717, 1.165) is 17.0 Å². The molecular formula is C23H20N2O4. The fourth-order valence-electron chi connectivity index (χ4n) is 3.14. The van der Waals surface area contributed by atoms with Gasteiger partial charge in [-0.05, 0) is 68.8 Å². The number of hydrogen-bond acceptors (Lipinski definition) is 6. The number of ether oxygens (including phenoxy) is 2. The van der Waals surface area contributed by atoms with E-state index >= 15 is 0 Å². The van der Waals surface area contributed by atoms with Crippen molar-refractivity contribution < 1.29 is 13.9 Å². The van der Waals surface area contributed by atoms with Crippen LogP contribution < -0.4 is 14.9 Å². The van der Waals surface area contributed by atoms with E-state index in [2.05, 4.69) is 9.97 Å². The van der Waals surface area contributed by atoms with Gasteiger partial charge in [0.05, 0.1) is 12.5 Å². The Morgan fingerprint density at radius 3 is 2.24 bits per heavy atom. The number of aryl methyl sites for hydroxylation is 3. The molecule has 0 saturated heterocycles. The lowest BCUT2D eigenvalue weighted by Crippen LogP contribution is -2.09. The molecule has 2 heterocycles. The van der Waals surface area contributed by atoms with Crippen LogP contribution in [0.4, 0.5) is 0 Å². The maximum Gasteiger partial charge on any atom is 0.322 e. The molecule has 0 atom stereocenters. The molecule has 0 N–H and O–H groups in total. The first kappa shape index (κ1) is 18.7. The standard InChI is InChI=1S/C23H20N2O4/c1-13-5-10-18-19(11-13)28-21(16-6-8-17(27-4)9-7-16)22(20(18)26)29-23-24-14(2)12-15(3)25-23/h5-12H,1-4H3. The summed E-state index contributed by atoms with van der Waals surface area (Å²) in [6.07, 6.45) is 0. The fraction of sp³-hybridized carbons (Fsp3) is 0.174. The third-order valence-electron chi connectivity index (χ3n) is 4.51. The molecule has 0 fully saturated rings. The van der Waals surface area contributed by atoms with Gasteiger partial charge in [-0.25, -0.2) is 9.97 Å². The van der Waals surface area contributed by atoms with Crippen LogP contribution in [-0.4, -0.2) is 17.1 Å². The van der Waals surface area contributed by atoms with E-state index in [-0.39, 0.29) is 17.2 Å². The molecule has 2 aromatic heterocycles. The lowest BCUT2D eigenvalue weighted by molar-refractivity contribution is 0.414. The van der Waals surface area contributed by atoms with Gasteiger partial charge in [0.25, 0.3) is 0 Å². The van der Waals surface area contributed by atoms with E-state index < -0.39 is 0 Å². The largest absolute Gasteiger partial charge is 0.497 e. The Morgan fingerprint density at radius 2 is 1.59 bits per heavy atom. The van der Waals surface area contributed by atoms with E-state index in [4.69, 9.17) is 13.9 Å². The Labute approximate surface area is 167 Å². The molecule has 0 radical (unpaired) electrons. The summed E-state index contributed by atoms with van der Waals surface area (Å²) in [6, 6.07) is 14.6. The van der Waals surface area contributed by atoms with E-state index in [1.54, 1.807) is 25.3 Å². The summed E-state index contributed by atoms with van der Waals surface area (Å²) in [7, 11) is 1.60. The second-order valence-electron chi connectivity index (χ2n) is 6.85. The van der Waals surface area contributed by atoms with E-state index in [0.29, 0.717) is 28.0 Å². The van der Waals surface area contributed by atoms with Crippen molar-refractivity contribution in [3.63, 3.8) is 0 Å². The van der Waals surface area contributed by atoms with E-state index in [9.17, 15) is 4.79 Å². The first-order valence-electron chi connectivity index (χ1n) is 9.16. The molecule has 6 heteroatoms. The van der Waals surface area contributed by atoms with Crippen molar-refractivity contribution in [3.05, 3.63) is 75.7 Å². The highest BCUT2D eigenvalue weighted by atomic mass is 16.5. The lowest BCUT2D eigenvalue weighted by Gasteiger charge is -2.12. The van der Waals surface area contributed by atoms with Gasteiger partial charge in [0.2, 0.25) is 11.2 Å². The van der Waals surface area contributed by atoms with Crippen molar-refractivity contribution in [1.29, 1.82) is 0 Å². The molecule has 0 unspecified atom stereocenters. The van der Waals surface area contributed by atoms with Crippen molar-refractivity contribution in [3.8, 4) is 28.8 Å². The van der Waals surface area contributed by atoms with Crippen LogP contribution in [0.2, 0.25) is 0 Å². The molecule has 29 heavy (non-hydrogen) atoms. The van der Waals surface area contributed by atoms with Gasteiger partial charge >= 0.3 is 6.01 Å². The summed E-state index contributed by atoms with van der Waals surface area (Å²) in [5, 5.41) is 0.437. The van der Waals surface area contributed by atoms with Gasteiger partial charge in [-0.1, -0.05) is 6.07 Å². The Kier molecular flexibility index (Phi) is 4.76. The van der Waals surface area contributed by atoms with E-state index in [1.165, 1.54) is 0 Å². The predicted molar refractivity (Wildman–Crippen MR) is 111 cm³/mol. The third kappa shape index (κ3) is 3.69. The van der Waals surface area contributed by atoms with E-state index in [1.807, 2.05) is 51.1 Å². The molecular weight excluding hydrogens is 368 g/mol. The maximum absolute atomic E-state index is 13.3. The van der Waals surface area contributed by atoms with Crippen molar-refractivity contribution >= 4 is 11.0 Å². The van der Waals surface area contributed by atoms with Gasteiger partial charge in [0, 0.05) is 17.0 Å². The van der Waals surface area contributed by atoms with Gasteiger partial charge in [0.15, 0.2) is 5.76 Å². The normalized spacial score (nSPS) is 10.9. The number of benzene rings is 2. The first-order valence-corrected chi connectivity index (χ1v) is 9.16. The smallest absolute Gasteiger partial charge is 0.322 e. The molecule has 0 bridgehead atoms.